The third-order valence-corrected chi connectivity index (χ3v) is 1.76. The fourth-order valence-electron chi connectivity index (χ4n) is 0.340. The molecule has 0 aromatic heterocycles. The summed E-state index contributed by atoms with van der Waals surface area (Å²) >= 11 is 0. The molecule has 4 heteroatoms. The predicted octanol–water partition coefficient (Wildman–Crippen LogP) is 0.0454. The molecule has 0 saturated heterocycles. The van der Waals surface area contributed by atoms with Gasteiger partial charge in [0.1, 0.15) is 0 Å². The van der Waals surface area contributed by atoms with Gasteiger partial charge in [0, 0.05) is 28.3 Å². The average Bonchev–Trinajstić information content (AvgIpc) is 1.59. The van der Waals surface area contributed by atoms with Gasteiger partial charge in [-0.1, -0.05) is 0 Å². The minimum Gasteiger partial charge on any atom is -0.396 e. The van der Waals surface area contributed by atoms with Crippen LogP contribution in [0.1, 0.15) is 6.42 Å². The Hall–Kier alpha value is -0.0900. The number of aliphatic hydroxyl groups is 1. The van der Waals surface area contributed by atoms with E-state index in [-0.39, 0.29) is 6.61 Å². The second-order valence-electron chi connectivity index (χ2n) is 1.79. The Morgan fingerprint density at radius 1 is 1.75 bits per heavy atom. The maximum absolute atomic E-state index is 10.5. The lowest BCUT2D eigenvalue weighted by Gasteiger charge is -1.94. The zero-order chi connectivity index (χ0) is 6.62. The quantitative estimate of drug-likeness (QED) is 0.577. The van der Waals surface area contributed by atoms with Crippen LogP contribution in [0.15, 0.2) is 0 Å². The molecule has 0 radical (unpaired) electrons. The Labute approximate surface area is 49.7 Å². The second kappa shape index (κ2) is 3.04. The molecule has 0 fully saturated rings. The molecule has 0 aliphatic carbocycles. The van der Waals surface area contributed by atoms with Crippen molar-refractivity contribution < 1.29 is 9.32 Å². The third-order valence-electron chi connectivity index (χ3n) is 0.692. The molecule has 0 aliphatic rings. The summed E-state index contributed by atoms with van der Waals surface area (Å²) in [6.07, 6.45) is 1.85. The largest absolute Gasteiger partial charge is 0.396 e. The summed E-state index contributed by atoms with van der Waals surface area (Å²) in [5.41, 5.74) is 0. The lowest BCUT2D eigenvalue weighted by Crippen LogP contribution is -2.02. The summed E-state index contributed by atoms with van der Waals surface area (Å²) in [5.74, 6) is 0.309. The molecule has 50 valence electrons. The van der Waals surface area contributed by atoms with Crippen molar-refractivity contribution in [2.45, 2.75) is 6.42 Å². The van der Waals surface area contributed by atoms with Crippen LogP contribution in [-0.4, -0.2) is 27.9 Å². The summed E-state index contributed by atoms with van der Waals surface area (Å²) in [6.45, 7) is 0.0315. The van der Waals surface area contributed by atoms with E-state index in [9.17, 15) is 4.21 Å². The van der Waals surface area contributed by atoms with Gasteiger partial charge in [-0.2, -0.15) is 0 Å². The van der Waals surface area contributed by atoms with Crippen LogP contribution in [0.4, 0.5) is 0 Å². The molecule has 0 bridgehead atoms. The fraction of sp³-hybridized carbons (Fsp3) is 1.00. The molecular weight excluding hydrogens is 126 g/mol. The number of nitrogens with one attached hydrogen (secondary N) is 1. The van der Waals surface area contributed by atoms with Crippen LogP contribution in [0, 0.1) is 4.78 Å². The van der Waals surface area contributed by atoms with E-state index in [0.717, 1.165) is 0 Å². The zero-order valence-electron chi connectivity index (χ0n) is 4.89. The minimum atomic E-state index is -2.35. The predicted molar refractivity (Wildman–Crippen MR) is 33.4 cm³/mol. The first-order valence-electron chi connectivity index (χ1n) is 2.38. The van der Waals surface area contributed by atoms with Gasteiger partial charge in [0.2, 0.25) is 0 Å². The van der Waals surface area contributed by atoms with Crippen molar-refractivity contribution in [2.24, 2.45) is 0 Å². The SMILES string of the molecule is C[S@](=N)(=O)CCCO. The lowest BCUT2D eigenvalue weighted by molar-refractivity contribution is 0.296. The van der Waals surface area contributed by atoms with E-state index in [1.54, 1.807) is 0 Å². The molecule has 0 spiro atoms. The average molecular weight is 137 g/mol. The first kappa shape index (κ1) is 7.91. The van der Waals surface area contributed by atoms with Gasteiger partial charge in [-0.05, 0) is 6.42 Å². The van der Waals surface area contributed by atoms with Crippen LogP contribution in [0.25, 0.3) is 0 Å². The van der Waals surface area contributed by atoms with Gasteiger partial charge in [0.15, 0.2) is 0 Å². The van der Waals surface area contributed by atoms with Crippen LogP contribution in [0.5, 0.6) is 0 Å². The molecule has 0 aromatic rings. The van der Waals surface area contributed by atoms with E-state index in [1.165, 1.54) is 6.26 Å². The summed E-state index contributed by atoms with van der Waals surface area (Å²) in [4.78, 5) is 0. The molecule has 1 atom stereocenters. The second-order valence-corrected chi connectivity index (χ2v) is 4.20. The number of hydrogen-bond acceptors (Lipinski definition) is 3. The number of hydrogen-bond donors (Lipinski definition) is 2. The minimum absolute atomic E-state index is 0.0315. The van der Waals surface area contributed by atoms with Crippen molar-refractivity contribution >= 4 is 9.73 Å². The Balaban J connectivity index is 3.42. The lowest BCUT2D eigenvalue weighted by atomic mass is 10.5. The molecule has 3 nitrogen and oxygen atoms in total. The molecule has 0 aromatic carbocycles. The highest BCUT2D eigenvalue weighted by atomic mass is 32.2. The van der Waals surface area contributed by atoms with Gasteiger partial charge >= 0.3 is 0 Å². The molecule has 8 heavy (non-hydrogen) atoms. The molecule has 0 rings (SSSR count). The first-order valence-corrected chi connectivity index (χ1v) is 4.52. The van der Waals surface area contributed by atoms with Crippen LogP contribution in [0.2, 0.25) is 0 Å². The molecule has 0 amide bonds. The van der Waals surface area contributed by atoms with Crippen molar-refractivity contribution in [3.05, 3.63) is 0 Å². The Morgan fingerprint density at radius 3 is 2.38 bits per heavy atom. The molecule has 0 heterocycles. The highest BCUT2D eigenvalue weighted by Crippen LogP contribution is 1.86. The molecule has 0 saturated carbocycles. The van der Waals surface area contributed by atoms with Gasteiger partial charge < -0.3 is 5.11 Å². The van der Waals surface area contributed by atoms with Crippen molar-refractivity contribution in [1.82, 2.24) is 0 Å². The molecule has 0 aliphatic heterocycles. The van der Waals surface area contributed by atoms with Crippen molar-refractivity contribution in [2.75, 3.05) is 18.6 Å². The topological polar surface area (TPSA) is 61.2 Å². The molecule has 0 unspecified atom stereocenters. The Bertz CT molecular complexity index is 138. The standard InChI is InChI=1S/C4H11NO2S/c1-8(5,7)4-2-3-6/h5-6H,2-4H2,1H3/t8-/m0/s1. The van der Waals surface area contributed by atoms with E-state index >= 15 is 0 Å². The van der Waals surface area contributed by atoms with Crippen molar-refractivity contribution in [1.29, 1.82) is 4.78 Å². The highest BCUT2D eigenvalue weighted by molar-refractivity contribution is 7.91. The third kappa shape index (κ3) is 5.91. The highest BCUT2D eigenvalue weighted by Gasteiger charge is 1.93. The Kier molecular flexibility index (Phi) is 3.01. The molecule has 2 N–H and O–H groups in total. The zero-order valence-corrected chi connectivity index (χ0v) is 5.70. The van der Waals surface area contributed by atoms with E-state index in [1.807, 2.05) is 0 Å². The summed E-state index contributed by atoms with van der Waals surface area (Å²) < 4.78 is 17.4. The monoisotopic (exact) mass is 137 g/mol. The van der Waals surface area contributed by atoms with E-state index in [4.69, 9.17) is 9.89 Å². The fourth-order valence-corrected chi connectivity index (χ4v) is 1.02. The molecular formula is C4H11NO2S. The maximum Gasteiger partial charge on any atom is 0.0440 e. The van der Waals surface area contributed by atoms with Gasteiger partial charge in [0.25, 0.3) is 0 Å². The van der Waals surface area contributed by atoms with Crippen molar-refractivity contribution in [3.8, 4) is 0 Å². The van der Waals surface area contributed by atoms with Crippen LogP contribution >= 0.6 is 0 Å². The van der Waals surface area contributed by atoms with Gasteiger partial charge in [0.05, 0.1) is 0 Å². The summed E-state index contributed by atoms with van der Waals surface area (Å²) in [7, 11) is -2.35. The van der Waals surface area contributed by atoms with Crippen LogP contribution in [-0.2, 0) is 9.73 Å². The van der Waals surface area contributed by atoms with Crippen LogP contribution < -0.4 is 0 Å². The normalized spacial score (nSPS) is 17.8. The number of aliphatic hydroxyl groups excluding tert-OH is 1. The first-order chi connectivity index (χ1) is 3.56. The van der Waals surface area contributed by atoms with E-state index in [0.29, 0.717) is 12.2 Å². The smallest absolute Gasteiger partial charge is 0.0440 e. The van der Waals surface area contributed by atoms with Crippen LogP contribution in [0.3, 0.4) is 0 Å². The summed E-state index contributed by atoms with van der Waals surface area (Å²) in [5, 5.41) is 8.22. The Morgan fingerprint density at radius 2 is 2.25 bits per heavy atom. The van der Waals surface area contributed by atoms with E-state index < -0.39 is 9.73 Å². The maximum atomic E-state index is 10.5. The van der Waals surface area contributed by atoms with E-state index in [2.05, 4.69) is 0 Å². The number of rotatable bonds is 3. The van der Waals surface area contributed by atoms with Gasteiger partial charge in [-0.3, -0.25) is 8.99 Å². The van der Waals surface area contributed by atoms with Gasteiger partial charge in [-0.25, -0.2) is 0 Å². The summed E-state index contributed by atoms with van der Waals surface area (Å²) in [6, 6.07) is 0. The van der Waals surface area contributed by atoms with Gasteiger partial charge in [-0.15, -0.1) is 0 Å². The van der Waals surface area contributed by atoms with Crippen molar-refractivity contribution in [3.63, 3.8) is 0 Å².